The fourth-order valence-corrected chi connectivity index (χ4v) is 3.87. The monoisotopic (exact) mass is 368 g/mol. The fraction of sp³-hybridized carbons (Fsp3) is 0.167. The average Bonchev–Trinajstić information content (AvgIpc) is 3.29. The molecule has 1 atom stereocenters. The van der Waals surface area contributed by atoms with Crippen molar-refractivity contribution in [2.45, 2.75) is 6.04 Å². The molecule has 3 aromatic rings. The van der Waals surface area contributed by atoms with E-state index in [9.17, 15) is 15.2 Å². The van der Waals surface area contributed by atoms with Gasteiger partial charge in [-0.1, -0.05) is 12.1 Å². The predicted octanol–water partition coefficient (Wildman–Crippen LogP) is 3.67. The zero-order valence-electron chi connectivity index (χ0n) is 13.7. The zero-order valence-corrected chi connectivity index (χ0v) is 14.5. The van der Waals surface area contributed by atoms with Crippen molar-refractivity contribution in [2.24, 2.45) is 4.99 Å². The normalized spacial score (nSPS) is 16.7. The van der Waals surface area contributed by atoms with Crippen LogP contribution in [0.5, 0.6) is 0 Å². The molecule has 0 aliphatic carbocycles. The van der Waals surface area contributed by atoms with Crippen LogP contribution in [0.1, 0.15) is 5.69 Å². The van der Waals surface area contributed by atoms with Gasteiger partial charge in [0.2, 0.25) is 0 Å². The van der Waals surface area contributed by atoms with Crippen LogP contribution in [0.25, 0.3) is 10.9 Å². The highest BCUT2D eigenvalue weighted by Gasteiger charge is 2.20. The fourth-order valence-electron chi connectivity index (χ4n) is 2.85. The highest BCUT2D eigenvalue weighted by Crippen LogP contribution is 2.30. The van der Waals surface area contributed by atoms with Crippen LogP contribution in [0, 0.1) is 10.1 Å². The number of benzene rings is 2. The standard InChI is InChI=1S/C18H16N4O3S/c23-9-13-10-26-18(20-13)16-8-11-2-1-3-15(17(11)21-16)19-12-4-6-14(7-5-12)22(24)25/h1-8,13,19,21,23H,9-10H2. The van der Waals surface area contributed by atoms with Gasteiger partial charge in [0, 0.05) is 29.0 Å². The quantitative estimate of drug-likeness (QED) is 0.471. The minimum Gasteiger partial charge on any atom is -0.394 e. The second kappa shape index (κ2) is 6.81. The number of aliphatic hydroxyl groups excluding tert-OH is 1. The number of thioether (sulfide) groups is 1. The van der Waals surface area contributed by atoms with Crippen molar-refractivity contribution in [3.8, 4) is 0 Å². The number of nitrogens with zero attached hydrogens (tertiary/aromatic N) is 2. The summed E-state index contributed by atoms with van der Waals surface area (Å²) in [4.78, 5) is 18.3. The van der Waals surface area contributed by atoms with Gasteiger partial charge in [0.25, 0.3) is 5.69 Å². The number of nitro groups is 1. The number of nitrogens with one attached hydrogen (secondary N) is 2. The van der Waals surface area contributed by atoms with Crippen molar-refractivity contribution in [3.63, 3.8) is 0 Å². The largest absolute Gasteiger partial charge is 0.394 e. The highest BCUT2D eigenvalue weighted by molar-refractivity contribution is 8.14. The second-order valence-corrected chi connectivity index (χ2v) is 6.97. The van der Waals surface area contributed by atoms with Gasteiger partial charge in [-0.05, 0) is 24.3 Å². The number of non-ortho nitro benzene ring substituents is 1. The number of aromatic amines is 1. The van der Waals surface area contributed by atoms with Crippen molar-refractivity contribution in [3.05, 3.63) is 64.3 Å². The van der Waals surface area contributed by atoms with E-state index in [1.165, 1.54) is 12.1 Å². The summed E-state index contributed by atoms with van der Waals surface area (Å²) >= 11 is 1.63. The lowest BCUT2D eigenvalue weighted by atomic mass is 10.2. The molecule has 1 unspecified atom stereocenters. The van der Waals surface area contributed by atoms with E-state index < -0.39 is 4.92 Å². The number of fused-ring (bicyclic) bond motifs is 1. The Morgan fingerprint density at radius 1 is 1.31 bits per heavy atom. The number of anilines is 2. The third kappa shape index (κ3) is 3.16. The van der Waals surface area contributed by atoms with Gasteiger partial charge in [-0.15, -0.1) is 11.8 Å². The van der Waals surface area contributed by atoms with E-state index in [1.54, 1.807) is 23.9 Å². The maximum atomic E-state index is 10.8. The van der Waals surface area contributed by atoms with E-state index >= 15 is 0 Å². The Bertz CT molecular complexity index is 997. The number of para-hydroxylation sites is 1. The summed E-state index contributed by atoms with van der Waals surface area (Å²) in [6, 6.07) is 14.2. The topological polar surface area (TPSA) is 104 Å². The summed E-state index contributed by atoms with van der Waals surface area (Å²) in [6.45, 7) is 0.0592. The molecule has 3 N–H and O–H groups in total. The first kappa shape index (κ1) is 16.6. The van der Waals surface area contributed by atoms with Crippen LogP contribution < -0.4 is 5.32 Å². The molecular formula is C18H16N4O3S. The smallest absolute Gasteiger partial charge is 0.269 e. The highest BCUT2D eigenvalue weighted by atomic mass is 32.2. The Kier molecular flexibility index (Phi) is 4.36. The average molecular weight is 368 g/mol. The SMILES string of the molecule is O=[N+]([O-])c1ccc(Nc2cccc3cc(C4=NC(CO)CS4)[nH]c23)cc1. The van der Waals surface area contributed by atoms with Crippen LogP contribution in [-0.2, 0) is 0 Å². The Morgan fingerprint density at radius 3 is 2.81 bits per heavy atom. The summed E-state index contributed by atoms with van der Waals surface area (Å²) in [6.07, 6.45) is 0. The maximum absolute atomic E-state index is 10.8. The molecule has 0 saturated carbocycles. The summed E-state index contributed by atoms with van der Waals surface area (Å²) in [5, 5.41) is 25.3. The van der Waals surface area contributed by atoms with Crippen LogP contribution in [0.15, 0.2) is 53.5 Å². The van der Waals surface area contributed by atoms with E-state index in [0.717, 1.165) is 38.8 Å². The zero-order chi connectivity index (χ0) is 18.1. The molecule has 26 heavy (non-hydrogen) atoms. The molecule has 1 aromatic heterocycles. The molecule has 0 spiro atoms. The van der Waals surface area contributed by atoms with E-state index in [-0.39, 0.29) is 18.3 Å². The Balaban J connectivity index is 1.64. The number of aromatic nitrogens is 1. The number of nitro benzene ring substituents is 1. The van der Waals surface area contributed by atoms with Gasteiger partial charge >= 0.3 is 0 Å². The van der Waals surface area contributed by atoms with E-state index in [0.29, 0.717) is 0 Å². The molecule has 7 nitrogen and oxygen atoms in total. The van der Waals surface area contributed by atoms with Crippen LogP contribution in [0.2, 0.25) is 0 Å². The molecule has 0 amide bonds. The molecule has 2 heterocycles. The van der Waals surface area contributed by atoms with Crippen molar-refractivity contribution in [1.29, 1.82) is 0 Å². The van der Waals surface area contributed by atoms with E-state index in [4.69, 9.17) is 0 Å². The van der Waals surface area contributed by atoms with Crippen LogP contribution in [0.3, 0.4) is 0 Å². The Morgan fingerprint density at radius 2 is 2.12 bits per heavy atom. The number of rotatable bonds is 5. The Labute approximate surface area is 153 Å². The third-order valence-electron chi connectivity index (χ3n) is 4.17. The molecule has 0 saturated heterocycles. The number of hydrogen-bond donors (Lipinski definition) is 3. The van der Waals surface area contributed by atoms with Crippen molar-refractivity contribution >= 4 is 44.8 Å². The summed E-state index contributed by atoms with van der Waals surface area (Å²) in [5.41, 5.74) is 3.58. The van der Waals surface area contributed by atoms with Crippen LogP contribution in [0.4, 0.5) is 17.1 Å². The second-order valence-electron chi connectivity index (χ2n) is 5.96. The maximum Gasteiger partial charge on any atom is 0.269 e. The first-order chi connectivity index (χ1) is 12.6. The molecule has 1 aliphatic rings. The molecule has 4 rings (SSSR count). The van der Waals surface area contributed by atoms with Gasteiger partial charge in [0.15, 0.2) is 0 Å². The van der Waals surface area contributed by atoms with Gasteiger partial charge in [-0.2, -0.15) is 0 Å². The summed E-state index contributed by atoms with van der Waals surface area (Å²) in [5.74, 6) is 0.787. The molecule has 0 bridgehead atoms. The van der Waals surface area contributed by atoms with Gasteiger partial charge < -0.3 is 15.4 Å². The minimum atomic E-state index is -0.415. The minimum absolute atomic E-state index is 0.0425. The molecule has 0 radical (unpaired) electrons. The van der Waals surface area contributed by atoms with Crippen LogP contribution >= 0.6 is 11.8 Å². The molecule has 0 fully saturated rings. The van der Waals surface area contributed by atoms with E-state index in [2.05, 4.69) is 15.3 Å². The number of aliphatic hydroxyl groups is 1. The number of aliphatic imine (C=N–C) groups is 1. The van der Waals surface area contributed by atoms with Crippen molar-refractivity contribution < 1.29 is 10.0 Å². The van der Waals surface area contributed by atoms with E-state index in [1.807, 2.05) is 24.3 Å². The molecule has 132 valence electrons. The van der Waals surface area contributed by atoms with Crippen LogP contribution in [-0.4, -0.2) is 38.5 Å². The number of hydrogen-bond acceptors (Lipinski definition) is 6. The first-order valence-corrected chi connectivity index (χ1v) is 9.07. The van der Waals surface area contributed by atoms with Gasteiger partial charge in [0.05, 0.1) is 34.5 Å². The summed E-state index contributed by atoms with van der Waals surface area (Å²) < 4.78 is 0. The Hall–Kier alpha value is -2.84. The van der Waals surface area contributed by atoms with Crippen molar-refractivity contribution in [2.75, 3.05) is 17.7 Å². The third-order valence-corrected chi connectivity index (χ3v) is 5.32. The van der Waals surface area contributed by atoms with Crippen molar-refractivity contribution in [1.82, 2.24) is 4.98 Å². The molecular weight excluding hydrogens is 352 g/mol. The lowest BCUT2D eigenvalue weighted by Crippen LogP contribution is -2.08. The van der Waals surface area contributed by atoms with Gasteiger partial charge in [-0.25, -0.2) is 0 Å². The number of H-pyrrole nitrogens is 1. The summed E-state index contributed by atoms with van der Waals surface area (Å²) in [7, 11) is 0. The lowest BCUT2D eigenvalue weighted by Gasteiger charge is -2.07. The predicted molar refractivity (Wildman–Crippen MR) is 105 cm³/mol. The molecule has 8 heteroatoms. The lowest BCUT2D eigenvalue weighted by molar-refractivity contribution is -0.384. The molecule has 1 aliphatic heterocycles. The molecule has 2 aromatic carbocycles. The van der Waals surface area contributed by atoms with Gasteiger partial charge in [-0.3, -0.25) is 15.1 Å². The first-order valence-electron chi connectivity index (χ1n) is 8.09. The van der Waals surface area contributed by atoms with Gasteiger partial charge in [0.1, 0.15) is 5.04 Å².